The Balaban J connectivity index is 1.74. The predicted octanol–water partition coefficient (Wildman–Crippen LogP) is 1.31. The molecule has 0 saturated carbocycles. The molecule has 1 aromatic carbocycles. The van der Waals surface area contributed by atoms with Gasteiger partial charge in [-0.2, -0.15) is 0 Å². The molecule has 1 aromatic heterocycles. The van der Waals surface area contributed by atoms with Gasteiger partial charge >= 0.3 is 6.09 Å². The van der Waals surface area contributed by atoms with Crippen LogP contribution in [0, 0.1) is 0 Å². The lowest BCUT2D eigenvalue weighted by atomic mass is 10.1. The zero-order valence-electron chi connectivity index (χ0n) is 16.8. The number of fused-ring (bicyclic) bond motifs is 1. The van der Waals surface area contributed by atoms with Crippen LogP contribution in [0.4, 0.5) is 10.5 Å². The van der Waals surface area contributed by atoms with Crippen LogP contribution in [0.2, 0.25) is 0 Å². The van der Waals surface area contributed by atoms with Gasteiger partial charge in [0.15, 0.2) is 5.78 Å². The lowest BCUT2D eigenvalue weighted by Gasteiger charge is -2.29. The average Bonchev–Trinajstić information content (AvgIpc) is 2.97. The highest BCUT2D eigenvalue weighted by molar-refractivity contribution is 5.82. The molecule has 1 saturated heterocycles. The summed E-state index contributed by atoms with van der Waals surface area (Å²) in [7, 11) is 0. The van der Waals surface area contributed by atoms with Crippen LogP contribution in [-0.2, 0) is 16.1 Å². The van der Waals surface area contributed by atoms with Crippen molar-refractivity contribution in [1.82, 2.24) is 14.5 Å². The molecular weight excluding hydrogens is 376 g/mol. The Hall–Kier alpha value is -2.94. The van der Waals surface area contributed by atoms with Crippen LogP contribution < -0.4 is 11.3 Å². The molecule has 1 amide bonds. The molecule has 2 atom stereocenters. The van der Waals surface area contributed by atoms with E-state index in [0.29, 0.717) is 29.6 Å². The van der Waals surface area contributed by atoms with Gasteiger partial charge in [0.1, 0.15) is 5.60 Å². The minimum atomic E-state index is -0.822. The number of nitrogens with two attached hydrogens (primary N) is 1. The van der Waals surface area contributed by atoms with E-state index in [1.165, 1.54) is 21.9 Å². The van der Waals surface area contributed by atoms with Crippen LogP contribution in [-0.4, -0.2) is 55.7 Å². The van der Waals surface area contributed by atoms with Crippen molar-refractivity contribution in [1.29, 1.82) is 0 Å². The lowest BCUT2D eigenvalue weighted by molar-refractivity contribution is -0.121. The number of benzene rings is 1. The summed E-state index contributed by atoms with van der Waals surface area (Å²) in [6.45, 7) is 5.36. The number of aliphatic hydroxyl groups is 1. The highest BCUT2D eigenvalue weighted by Crippen LogP contribution is 2.24. The number of carbonyl (C=O) groups excluding carboxylic acids is 2. The van der Waals surface area contributed by atoms with Crippen molar-refractivity contribution < 1.29 is 19.4 Å². The van der Waals surface area contributed by atoms with E-state index >= 15 is 0 Å². The van der Waals surface area contributed by atoms with E-state index in [2.05, 4.69) is 4.98 Å². The molecule has 156 valence electrons. The average molecular weight is 402 g/mol. The quantitative estimate of drug-likeness (QED) is 0.738. The Kier molecular flexibility index (Phi) is 5.61. The Morgan fingerprint density at radius 2 is 2.07 bits per heavy atom. The smallest absolute Gasteiger partial charge is 0.410 e. The third kappa shape index (κ3) is 4.73. The number of hydrogen-bond acceptors (Lipinski definition) is 7. The standard InChI is InChI=1S/C20H26N4O5/c1-20(2,3)29-19(28)24-7-6-17(26)16(24)9-13(25)10-23-11-22-15-5-4-12(21)8-14(15)18(23)27/h4-5,8,11,16-17,26H,6-7,9-10,21H2,1-3H3. The third-order valence-corrected chi connectivity index (χ3v) is 4.77. The number of rotatable bonds is 4. The van der Waals surface area contributed by atoms with Gasteiger partial charge in [-0.3, -0.25) is 14.2 Å². The molecule has 29 heavy (non-hydrogen) atoms. The topological polar surface area (TPSA) is 128 Å². The Morgan fingerprint density at radius 3 is 2.76 bits per heavy atom. The fourth-order valence-corrected chi connectivity index (χ4v) is 3.41. The van der Waals surface area contributed by atoms with Crippen molar-refractivity contribution in [3.63, 3.8) is 0 Å². The van der Waals surface area contributed by atoms with Gasteiger partial charge in [-0.05, 0) is 45.4 Å². The SMILES string of the molecule is CC(C)(C)OC(=O)N1CCC(O)C1CC(=O)Cn1cnc2ccc(N)cc2c1=O. The summed E-state index contributed by atoms with van der Waals surface area (Å²) < 4.78 is 6.58. The number of ether oxygens (including phenoxy) is 1. The van der Waals surface area contributed by atoms with Gasteiger partial charge in [-0.25, -0.2) is 9.78 Å². The zero-order chi connectivity index (χ0) is 21.3. The number of amides is 1. The molecule has 2 heterocycles. The first-order valence-corrected chi connectivity index (χ1v) is 9.49. The van der Waals surface area contributed by atoms with Crippen molar-refractivity contribution in [3.05, 3.63) is 34.9 Å². The fourth-order valence-electron chi connectivity index (χ4n) is 3.41. The molecule has 0 bridgehead atoms. The second-order valence-corrected chi connectivity index (χ2v) is 8.29. The van der Waals surface area contributed by atoms with E-state index in [9.17, 15) is 19.5 Å². The molecule has 1 aliphatic rings. The maximum absolute atomic E-state index is 12.6. The number of Topliss-reactive ketones (excluding diaryl/α,β-unsaturated/α-hetero) is 1. The molecule has 0 radical (unpaired) electrons. The molecule has 3 rings (SSSR count). The van der Waals surface area contributed by atoms with E-state index in [-0.39, 0.29) is 24.3 Å². The van der Waals surface area contributed by atoms with Crippen LogP contribution >= 0.6 is 0 Å². The minimum absolute atomic E-state index is 0.0815. The van der Waals surface area contributed by atoms with Crippen LogP contribution in [0.25, 0.3) is 10.9 Å². The minimum Gasteiger partial charge on any atom is -0.444 e. The van der Waals surface area contributed by atoms with E-state index in [1.54, 1.807) is 32.9 Å². The normalized spacial score (nSPS) is 19.5. The maximum atomic E-state index is 12.6. The molecule has 1 fully saturated rings. The highest BCUT2D eigenvalue weighted by Gasteiger charge is 2.39. The summed E-state index contributed by atoms with van der Waals surface area (Å²) >= 11 is 0. The van der Waals surface area contributed by atoms with Gasteiger partial charge in [0, 0.05) is 18.7 Å². The maximum Gasteiger partial charge on any atom is 0.410 e. The van der Waals surface area contributed by atoms with E-state index in [1.807, 2.05) is 0 Å². The van der Waals surface area contributed by atoms with Gasteiger partial charge in [-0.15, -0.1) is 0 Å². The molecule has 0 aliphatic carbocycles. The van der Waals surface area contributed by atoms with E-state index < -0.39 is 23.8 Å². The predicted molar refractivity (Wildman–Crippen MR) is 107 cm³/mol. The molecule has 1 aliphatic heterocycles. The van der Waals surface area contributed by atoms with Gasteiger partial charge in [-0.1, -0.05) is 0 Å². The monoisotopic (exact) mass is 402 g/mol. The summed E-state index contributed by atoms with van der Waals surface area (Å²) in [5, 5.41) is 10.6. The molecule has 9 heteroatoms. The van der Waals surface area contributed by atoms with E-state index in [4.69, 9.17) is 10.5 Å². The first kappa shape index (κ1) is 20.8. The number of anilines is 1. The number of aromatic nitrogens is 2. The molecule has 2 aromatic rings. The van der Waals surface area contributed by atoms with Crippen molar-refractivity contribution in [2.75, 3.05) is 12.3 Å². The summed E-state index contributed by atoms with van der Waals surface area (Å²) in [5.74, 6) is -0.295. The zero-order valence-corrected chi connectivity index (χ0v) is 16.8. The summed E-state index contributed by atoms with van der Waals surface area (Å²) in [5.41, 5.74) is 5.62. The van der Waals surface area contributed by atoms with Gasteiger partial charge in [0.05, 0.1) is 35.9 Å². The number of nitrogen functional groups attached to an aromatic ring is 1. The first-order valence-electron chi connectivity index (χ1n) is 9.49. The third-order valence-electron chi connectivity index (χ3n) is 4.77. The second kappa shape index (κ2) is 7.82. The van der Waals surface area contributed by atoms with Gasteiger partial charge in [0.2, 0.25) is 0 Å². The van der Waals surface area contributed by atoms with Gasteiger partial charge < -0.3 is 20.5 Å². The molecule has 9 nitrogen and oxygen atoms in total. The van der Waals surface area contributed by atoms with Crippen LogP contribution in [0.15, 0.2) is 29.3 Å². The largest absolute Gasteiger partial charge is 0.444 e. The van der Waals surface area contributed by atoms with Crippen molar-refractivity contribution in [2.24, 2.45) is 0 Å². The summed E-state index contributed by atoms with van der Waals surface area (Å²) in [6.07, 6.45) is 0.218. The fraction of sp³-hybridized carbons (Fsp3) is 0.500. The van der Waals surface area contributed by atoms with E-state index in [0.717, 1.165) is 0 Å². The number of nitrogens with zero attached hydrogens (tertiary/aromatic N) is 3. The van der Waals surface area contributed by atoms with Crippen LogP contribution in [0.3, 0.4) is 0 Å². The van der Waals surface area contributed by atoms with Crippen LogP contribution in [0.1, 0.15) is 33.6 Å². The highest BCUT2D eigenvalue weighted by atomic mass is 16.6. The van der Waals surface area contributed by atoms with Gasteiger partial charge in [0.25, 0.3) is 5.56 Å². The van der Waals surface area contributed by atoms with Crippen molar-refractivity contribution in [2.45, 2.75) is 57.9 Å². The molecule has 3 N–H and O–H groups in total. The summed E-state index contributed by atoms with van der Waals surface area (Å²) in [6, 6.07) is 4.14. The Labute approximate surface area is 168 Å². The van der Waals surface area contributed by atoms with Crippen molar-refractivity contribution >= 4 is 28.5 Å². The second-order valence-electron chi connectivity index (χ2n) is 8.29. The van der Waals surface area contributed by atoms with Crippen LogP contribution in [0.5, 0.6) is 0 Å². The summed E-state index contributed by atoms with van der Waals surface area (Å²) in [4.78, 5) is 43.2. The number of carbonyl (C=O) groups is 2. The number of hydrogen-bond donors (Lipinski definition) is 2. The number of ketones is 1. The lowest BCUT2D eigenvalue weighted by Crippen LogP contribution is -2.44. The molecular formula is C20H26N4O5. The van der Waals surface area contributed by atoms with Crippen molar-refractivity contribution in [3.8, 4) is 0 Å². The Bertz CT molecular complexity index is 995. The molecule has 2 unspecified atom stereocenters. The first-order chi connectivity index (χ1) is 13.5. The number of likely N-dealkylation sites (tertiary alicyclic amines) is 1. The number of aliphatic hydroxyl groups excluding tert-OH is 1. The Morgan fingerprint density at radius 1 is 1.34 bits per heavy atom. The molecule has 0 spiro atoms.